The lowest BCUT2D eigenvalue weighted by Gasteiger charge is -2.41. The second kappa shape index (κ2) is 4.46. The van der Waals surface area contributed by atoms with Crippen LogP contribution in [0.2, 0.25) is 0 Å². The zero-order valence-corrected chi connectivity index (χ0v) is 10.3. The fraction of sp³-hybridized carbons (Fsp3) is 0.571. The highest BCUT2D eigenvalue weighted by atomic mass is 14.9. The van der Waals surface area contributed by atoms with Crippen LogP contribution in [0, 0.1) is 19.3 Å². The first-order chi connectivity index (χ1) is 7.67. The van der Waals surface area contributed by atoms with Gasteiger partial charge in [0.2, 0.25) is 0 Å². The highest BCUT2D eigenvalue weighted by Crippen LogP contribution is 2.40. The highest BCUT2D eigenvalue weighted by Gasteiger charge is 2.35. The number of hydrogen-bond acceptors (Lipinski definition) is 2. The van der Waals surface area contributed by atoms with Gasteiger partial charge in [0.15, 0.2) is 0 Å². The van der Waals surface area contributed by atoms with Gasteiger partial charge >= 0.3 is 0 Å². The van der Waals surface area contributed by atoms with E-state index >= 15 is 0 Å². The maximum atomic E-state index is 5.87. The van der Waals surface area contributed by atoms with Crippen LogP contribution in [0.1, 0.15) is 30.4 Å². The van der Waals surface area contributed by atoms with E-state index in [1.165, 1.54) is 36.1 Å². The van der Waals surface area contributed by atoms with E-state index in [2.05, 4.69) is 37.4 Å². The number of aryl methyl sites for hydroxylation is 2. The summed E-state index contributed by atoms with van der Waals surface area (Å²) < 4.78 is 0. The van der Waals surface area contributed by atoms with Crippen molar-refractivity contribution < 1.29 is 0 Å². The highest BCUT2D eigenvalue weighted by molar-refractivity contribution is 5.56. The quantitative estimate of drug-likeness (QED) is 0.815. The number of para-hydroxylation sites is 1. The summed E-state index contributed by atoms with van der Waals surface area (Å²) in [6.45, 7) is 6.15. The summed E-state index contributed by atoms with van der Waals surface area (Å²) in [5.74, 6) is 0. The molecule has 1 aromatic carbocycles. The van der Waals surface area contributed by atoms with Crippen molar-refractivity contribution in [1.82, 2.24) is 0 Å². The largest absolute Gasteiger partial charge is 0.384 e. The molecule has 2 nitrogen and oxygen atoms in total. The molecular formula is C14H22N2. The molecule has 0 aliphatic heterocycles. The normalized spacial score (nSPS) is 17.9. The van der Waals surface area contributed by atoms with Crippen molar-refractivity contribution in [1.29, 1.82) is 0 Å². The first-order valence-electron chi connectivity index (χ1n) is 6.17. The minimum atomic E-state index is 0.370. The van der Waals surface area contributed by atoms with E-state index in [4.69, 9.17) is 5.73 Å². The number of benzene rings is 1. The predicted molar refractivity (Wildman–Crippen MR) is 69.7 cm³/mol. The van der Waals surface area contributed by atoms with Crippen LogP contribution in [-0.4, -0.2) is 13.1 Å². The molecule has 3 N–H and O–H groups in total. The molecule has 0 radical (unpaired) electrons. The summed E-state index contributed by atoms with van der Waals surface area (Å²) in [6, 6.07) is 6.42. The Morgan fingerprint density at radius 1 is 1.25 bits per heavy atom. The minimum absolute atomic E-state index is 0.370. The van der Waals surface area contributed by atoms with Gasteiger partial charge in [-0.15, -0.1) is 0 Å². The zero-order chi connectivity index (χ0) is 11.6. The van der Waals surface area contributed by atoms with E-state index < -0.39 is 0 Å². The molecule has 88 valence electrons. The van der Waals surface area contributed by atoms with Gasteiger partial charge in [-0.05, 0) is 49.8 Å². The van der Waals surface area contributed by atoms with Gasteiger partial charge in [-0.25, -0.2) is 0 Å². The zero-order valence-electron chi connectivity index (χ0n) is 10.3. The standard InChI is InChI=1S/C14H22N2/c1-11-5-3-6-12(2)13(11)16-10-14(9-15)7-4-8-14/h3,5-6,16H,4,7-10,15H2,1-2H3. The third-order valence-corrected chi connectivity index (χ3v) is 3.97. The molecule has 0 atom stereocenters. The maximum Gasteiger partial charge on any atom is 0.0399 e. The lowest BCUT2D eigenvalue weighted by Crippen LogP contribution is -2.43. The van der Waals surface area contributed by atoms with Gasteiger partial charge in [0.05, 0.1) is 0 Å². The van der Waals surface area contributed by atoms with Crippen LogP contribution in [0.25, 0.3) is 0 Å². The molecule has 1 fully saturated rings. The lowest BCUT2D eigenvalue weighted by molar-refractivity contribution is 0.163. The van der Waals surface area contributed by atoms with E-state index in [0.29, 0.717) is 5.41 Å². The van der Waals surface area contributed by atoms with E-state index in [1.807, 2.05) is 0 Å². The Balaban J connectivity index is 2.04. The van der Waals surface area contributed by atoms with Crippen molar-refractivity contribution in [3.05, 3.63) is 29.3 Å². The van der Waals surface area contributed by atoms with Crippen molar-refractivity contribution in [3.8, 4) is 0 Å². The van der Waals surface area contributed by atoms with Gasteiger partial charge in [-0.3, -0.25) is 0 Å². The molecule has 1 saturated carbocycles. The summed E-state index contributed by atoms with van der Waals surface area (Å²) >= 11 is 0. The Morgan fingerprint density at radius 2 is 1.88 bits per heavy atom. The molecule has 0 bridgehead atoms. The van der Waals surface area contributed by atoms with Crippen molar-refractivity contribution in [2.75, 3.05) is 18.4 Å². The molecule has 0 amide bonds. The van der Waals surface area contributed by atoms with E-state index in [-0.39, 0.29) is 0 Å². The summed E-state index contributed by atoms with van der Waals surface area (Å²) in [5.41, 5.74) is 10.2. The monoisotopic (exact) mass is 218 g/mol. The summed E-state index contributed by atoms with van der Waals surface area (Å²) in [6.07, 6.45) is 3.90. The molecule has 2 heteroatoms. The molecule has 1 aliphatic rings. The Kier molecular flexibility index (Phi) is 3.20. The topological polar surface area (TPSA) is 38.0 Å². The number of nitrogens with one attached hydrogen (secondary N) is 1. The Morgan fingerprint density at radius 3 is 2.31 bits per heavy atom. The van der Waals surface area contributed by atoms with Gasteiger partial charge < -0.3 is 11.1 Å². The molecule has 0 heterocycles. The van der Waals surface area contributed by atoms with E-state index in [0.717, 1.165) is 13.1 Å². The second-order valence-electron chi connectivity index (χ2n) is 5.18. The Hall–Kier alpha value is -1.02. The number of nitrogens with two attached hydrogens (primary N) is 1. The smallest absolute Gasteiger partial charge is 0.0399 e. The fourth-order valence-electron chi connectivity index (χ4n) is 2.50. The maximum absolute atomic E-state index is 5.87. The molecule has 2 rings (SSSR count). The second-order valence-corrected chi connectivity index (χ2v) is 5.18. The molecule has 16 heavy (non-hydrogen) atoms. The van der Waals surface area contributed by atoms with Crippen molar-refractivity contribution in [3.63, 3.8) is 0 Å². The third kappa shape index (κ3) is 2.07. The van der Waals surface area contributed by atoms with Gasteiger partial charge in [-0.2, -0.15) is 0 Å². The predicted octanol–water partition coefficient (Wildman–Crippen LogP) is 2.84. The third-order valence-electron chi connectivity index (χ3n) is 3.97. The van der Waals surface area contributed by atoms with Crippen molar-refractivity contribution >= 4 is 5.69 Å². The number of rotatable bonds is 4. The first kappa shape index (κ1) is 11.5. The minimum Gasteiger partial charge on any atom is -0.384 e. The van der Waals surface area contributed by atoms with Gasteiger partial charge in [0.25, 0.3) is 0 Å². The van der Waals surface area contributed by atoms with Crippen LogP contribution in [0.3, 0.4) is 0 Å². The Bertz CT molecular complexity index is 341. The van der Waals surface area contributed by atoms with Crippen molar-refractivity contribution in [2.24, 2.45) is 11.1 Å². The average molecular weight is 218 g/mol. The molecule has 1 aromatic rings. The van der Waals surface area contributed by atoms with Gasteiger partial charge in [0, 0.05) is 12.2 Å². The molecular weight excluding hydrogens is 196 g/mol. The number of hydrogen-bond donors (Lipinski definition) is 2. The number of anilines is 1. The van der Waals surface area contributed by atoms with Crippen LogP contribution in [0.4, 0.5) is 5.69 Å². The molecule has 0 aromatic heterocycles. The van der Waals surface area contributed by atoms with E-state index in [9.17, 15) is 0 Å². The van der Waals surface area contributed by atoms with E-state index in [1.54, 1.807) is 0 Å². The van der Waals surface area contributed by atoms with Crippen molar-refractivity contribution in [2.45, 2.75) is 33.1 Å². The molecule has 1 aliphatic carbocycles. The Labute approximate surface area is 98.2 Å². The average Bonchev–Trinajstić information content (AvgIpc) is 2.20. The molecule has 0 spiro atoms. The van der Waals surface area contributed by atoms with Crippen LogP contribution in [0.5, 0.6) is 0 Å². The molecule has 0 unspecified atom stereocenters. The van der Waals surface area contributed by atoms with Crippen LogP contribution in [-0.2, 0) is 0 Å². The van der Waals surface area contributed by atoms with Crippen LogP contribution < -0.4 is 11.1 Å². The molecule has 0 saturated heterocycles. The first-order valence-corrected chi connectivity index (χ1v) is 6.17. The fourth-order valence-corrected chi connectivity index (χ4v) is 2.50. The van der Waals surface area contributed by atoms with Crippen LogP contribution >= 0.6 is 0 Å². The van der Waals surface area contributed by atoms with Gasteiger partial charge in [-0.1, -0.05) is 24.6 Å². The SMILES string of the molecule is Cc1cccc(C)c1NCC1(CN)CCC1. The van der Waals surface area contributed by atoms with Crippen LogP contribution in [0.15, 0.2) is 18.2 Å². The lowest BCUT2D eigenvalue weighted by atomic mass is 9.69. The summed E-state index contributed by atoms with van der Waals surface area (Å²) in [7, 11) is 0. The van der Waals surface area contributed by atoms with Gasteiger partial charge in [0.1, 0.15) is 0 Å². The summed E-state index contributed by atoms with van der Waals surface area (Å²) in [4.78, 5) is 0. The summed E-state index contributed by atoms with van der Waals surface area (Å²) in [5, 5.41) is 3.59.